The largest absolute Gasteiger partial charge is 0.444 e. The van der Waals surface area contributed by atoms with Gasteiger partial charge in [0, 0.05) is 32.2 Å². The van der Waals surface area contributed by atoms with Crippen molar-refractivity contribution in [3.05, 3.63) is 28.4 Å². The van der Waals surface area contributed by atoms with E-state index >= 15 is 0 Å². The predicted molar refractivity (Wildman–Crippen MR) is 92.5 cm³/mol. The third kappa shape index (κ3) is 4.18. The second-order valence-corrected chi connectivity index (χ2v) is 7.89. The van der Waals surface area contributed by atoms with Crippen LogP contribution in [0.5, 0.6) is 0 Å². The molecule has 2 aliphatic heterocycles. The van der Waals surface area contributed by atoms with Crippen LogP contribution in [0.2, 0.25) is 0 Å². The third-order valence-corrected chi connectivity index (χ3v) is 4.52. The van der Waals surface area contributed by atoms with Gasteiger partial charge in [-0.3, -0.25) is 0 Å². The highest BCUT2D eigenvalue weighted by atomic mass is 16.6. The summed E-state index contributed by atoms with van der Waals surface area (Å²) >= 11 is 0. The Morgan fingerprint density at radius 3 is 2.36 bits per heavy atom. The summed E-state index contributed by atoms with van der Waals surface area (Å²) in [5.41, 5.74) is 0.408. The standard InChI is InChI=1S/C17H24N4O4/c1-17(2,3)25-16(22)20-10-12-6-13(11-20)9-19(8-12)14-4-5-15(18-7-14)21(23)24/h4-5,7,12-13H,6,8-11H2,1-3H3. The molecule has 1 aromatic rings. The van der Waals surface area contributed by atoms with Gasteiger partial charge >= 0.3 is 11.9 Å². The van der Waals surface area contributed by atoms with Crippen molar-refractivity contribution in [1.82, 2.24) is 9.88 Å². The van der Waals surface area contributed by atoms with Crippen LogP contribution >= 0.6 is 0 Å². The summed E-state index contributed by atoms with van der Waals surface area (Å²) in [4.78, 5) is 30.5. The highest BCUT2D eigenvalue weighted by Gasteiger charge is 2.37. The van der Waals surface area contributed by atoms with Gasteiger partial charge < -0.3 is 24.7 Å². The normalized spacial score (nSPS) is 23.3. The van der Waals surface area contributed by atoms with Crippen molar-refractivity contribution in [2.75, 3.05) is 31.1 Å². The van der Waals surface area contributed by atoms with Gasteiger partial charge in [0.2, 0.25) is 0 Å². The molecule has 0 saturated carbocycles. The Morgan fingerprint density at radius 1 is 1.24 bits per heavy atom. The fraction of sp³-hybridized carbons (Fsp3) is 0.647. The zero-order chi connectivity index (χ0) is 18.2. The van der Waals surface area contributed by atoms with Crippen molar-refractivity contribution >= 4 is 17.6 Å². The maximum atomic E-state index is 12.3. The molecule has 136 valence electrons. The molecule has 0 aliphatic carbocycles. The van der Waals surface area contributed by atoms with Crippen LogP contribution < -0.4 is 4.90 Å². The van der Waals surface area contributed by atoms with E-state index in [9.17, 15) is 14.9 Å². The lowest BCUT2D eigenvalue weighted by Gasteiger charge is -2.46. The maximum absolute atomic E-state index is 12.3. The van der Waals surface area contributed by atoms with Crippen molar-refractivity contribution in [3.63, 3.8) is 0 Å². The lowest BCUT2D eigenvalue weighted by atomic mass is 9.84. The number of carbonyl (C=O) groups is 1. The number of aromatic nitrogens is 1. The average Bonchev–Trinajstić information content (AvgIpc) is 2.52. The fourth-order valence-corrected chi connectivity index (χ4v) is 3.64. The minimum absolute atomic E-state index is 0.142. The number of likely N-dealkylation sites (tertiary alicyclic amines) is 1. The van der Waals surface area contributed by atoms with Crippen LogP contribution in [0.25, 0.3) is 0 Å². The van der Waals surface area contributed by atoms with E-state index < -0.39 is 10.5 Å². The van der Waals surface area contributed by atoms with Gasteiger partial charge in [-0.25, -0.2) is 4.79 Å². The first-order chi connectivity index (χ1) is 11.7. The van der Waals surface area contributed by atoms with Gasteiger partial charge in [0.1, 0.15) is 5.60 Å². The van der Waals surface area contributed by atoms with E-state index in [-0.39, 0.29) is 11.9 Å². The van der Waals surface area contributed by atoms with Crippen LogP contribution in [0.1, 0.15) is 27.2 Å². The molecule has 0 spiro atoms. The number of anilines is 1. The Hall–Kier alpha value is -2.38. The number of piperidine rings is 2. The van der Waals surface area contributed by atoms with E-state index in [1.54, 1.807) is 12.3 Å². The lowest BCUT2D eigenvalue weighted by Crippen LogP contribution is -2.55. The van der Waals surface area contributed by atoms with Crippen LogP contribution in [-0.2, 0) is 4.74 Å². The molecule has 0 N–H and O–H groups in total. The number of hydrogen-bond donors (Lipinski definition) is 0. The SMILES string of the molecule is CC(C)(C)OC(=O)N1CC2CC(C1)CN(c1ccc([N+](=O)[O-])nc1)C2. The zero-order valence-corrected chi connectivity index (χ0v) is 14.8. The fourth-order valence-electron chi connectivity index (χ4n) is 3.64. The molecule has 2 unspecified atom stereocenters. The first-order valence-corrected chi connectivity index (χ1v) is 8.54. The summed E-state index contributed by atoms with van der Waals surface area (Å²) in [6.07, 6.45) is 2.41. The summed E-state index contributed by atoms with van der Waals surface area (Å²) in [7, 11) is 0. The summed E-state index contributed by atoms with van der Waals surface area (Å²) in [6, 6.07) is 3.19. The minimum Gasteiger partial charge on any atom is -0.444 e. The quantitative estimate of drug-likeness (QED) is 0.603. The van der Waals surface area contributed by atoms with Crippen molar-refractivity contribution < 1.29 is 14.5 Å². The smallest absolute Gasteiger partial charge is 0.410 e. The van der Waals surface area contributed by atoms with Crippen LogP contribution in [0.15, 0.2) is 18.3 Å². The molecule has 0 radical (unpaired) electrons. The van der Waals surface area contributed by atoms with E-state index in [0.29, 0.717) is 24.9 Å². The molecule has 2 bridgehead atoms. The number of nitro groups is 1. The number of carbonyl (C=O) groups excluding carboxylic acids is 1. The Kier molecular flexibility index (Phi) is 4.53. The van der Waals surface area contributed by atoms with E-state index in [0.717, 1.165) is 25.2 Å². The summed E-state index contributed by atoms with van der Waals surface area (Å²) in [6.45, 7) is 8.62. The third-order valence-electron chi connectivity index (χ3n) is 4.52. The molecule has 1 amide bonds. The van der Waals surface area contributed by atoms with Gasteiger partial charge in [0.25, 0.3) is 0 Å². The molecule has 2 aliphatic rings. The number of hydrogen-bond acceptors (Lipinski definition) is 6. The van der Waals surface area contributed by atoms with Gasteiger partial charge in [0.05, 0.1) is 5.69 Å². The zero-order valence-electron chi connectivity index (χ0n) is 14.8. The first-order valence-electron chi connectivity index (χ1n) is 8.54. The topological polar surface area (TPSA) is 88.8 Å². The average molecular weight is 348 g/mol. The lowest BCUT2D eigenvalue weighted by molar-refractivity contribution is -0.389. The van der Waals surface area contributed by atoms with Crippen molar-refractivity contribution in [1.29, 1.82) is 0 Å². The molecule has 2 atom stereocenters. The van der Waals surface area contributed by atoms with Gasteiger partial charge in [-0.05, 0) is 55.0 Å². The monoisotopic (exact) mass is 348 g/mol. The highest BCUT2D eigenvalue weighted by molar-refractivity contribution is 5.68. The van der Waals surface area contributed by atoms with Gasteiger partial charge in [-0.15, -0.1) is 0 Å². The van der Waals surface area contributed by atoms with Gasteiger partial charge in [0.15, 0.2) is 6.20 Å². The van der Waals surface area contributed by atoms with Crippen LogP contribution in [0.3, 0.4) is 0 Å². The predicted octanol–water partition coefficient (Wildman–Crippen LogP) is 2.68. The first kappa shape index (κ1) is 17.4. The number of amides is 1. The molecule has 2 saturated heterocycles. The van der Waals surface area contributed by atoms with E-state index in [1.165, 1.54) is 6.07 Å². The maximum Gasteiger partial charge on any atom is 0.410 e. The second kappa shape index (κ2) is 6.50. The molecule has 3 rings (SSSR count). The van der Waals surface area contributed by atoms with Crippen LogP contribution in [0.4, 0.5) is 16.3 Å². The van der Waals surface area contributed by atoms with E-state index in [1.807, 2.05) is 25.7 Å². The highest BCUT2D eigenvalue weighted by Crippen LogP contribution is 2.32. The summed E-state index contributed by atoms with van der Waals surface area (Å²) in [5, 5.41) is 10.7. The Bertz CT molecular complexity index is 642. The molecule has 3 heterocycles. The van der Waals surface area contributed by atoms with Crippen LogP contribution in [0, 0.1) is 22.0 Å². The Morgan fingerprint density at radius 2 is 1.88 bits per heavy atom. The molecule has 8 nitrogen and oxygen atoms in total. The molecule has 2 fully saturated rings. The summed E-state index contributed by atoms with van der Waals surface area (Å²) < 4.78 is 5.49. The molecule has 8 heteroatoms. The number of nitrogens with zero attached hydrogens (tertiary/aromatic N) is 4. The van der Waals surface area contributed by atoms with E-state index in [2.05, 4.69) is 9.88 Å². The number of pyridine rings is 1. The molecule has 1 aromatic heterocycles. The summed E-state index contributed by atoms with van der Waals surface area (Å²) in [5.74, 6) is 0.600. The number of rotatable bonds is 2. The Labute approximate surface area is 146 Å². The number of ether oxygens (including phenoxy) is 1. The minimum atomic E-state index is -0.493. The molecule has 0 aromatic carbocycles. The van der Waals surface area contributed by atoms with Crippen molar-refractivity contribution in [2.24, 2.45) is 11.8 Å². The van der Waals surface area contributed by atoms with Gasteiger partial charge in [-0.1, -0.05) is 0 Å². The Balaban J connectivity index is 1.64. The van der Waals surface area contributed by atoms with Gasteiger partial charge in [-0.2, -0.15) is 0 Å². The van der Waals surface area contributed by atoms with Crippen molar-refractivity contribution in [3.8, 4) is 0 Å². The molecular formula is C17H24N4O4. The molecular weight excluding hydrogens is 324 g/mol. The molecule has 25 heavy (non-hydrogen) atoms. The second-order valence-electron chi connectivity index (χ2n) is 7.89. The van der Waals surface area contributed by atoms with Crippen molar-refractivity contribution in [2.45, 2.75) is 32.8 Å². The number of fused-ring (bicyclic) bond motifs is 2. The van der Waals surface area contributed by atoms with Crippen LogP contribution in [-0.4, -0.2) is 52.7 Å². The van der Waals surface area contributed by atoms with E-state index in [4.69, 9.17) is 4.74 Å².